The monoisotopic (exact) mass is 353 g/mol. The number of hydrogen-bond acceptors (Lipinski definition) is 4. The van der Waals surface area contributed by atoms with Gasteiger partial charge in [-0.25, -0.2) is 0 Å². The normalized spacial score (nSPS) is 27.2. The van der Waals surface area contributed by atoms with E-state index < -0.39 is 0 Å². The van der Waals surface area contributed by atoms with Crippen LogP contribution >= 0.6 is 0 Å². The van der Waals surface area contributed by atoms with E-state index in [1.54, 1.807) is 0 Å². The maximum Gasteiger partial charge on any atom is 0.234 e. The molecule has 0 aromatic heterocycles. The van der Waals surface area contributed by atoms with Crippen LogP contribution in [0.5, 0.6) is 0 Å². The third kappa shape index (κ3) is 3.33. The summed E-state index contributed by atoms with van der Waals surface area (Å²) in [4.78, 5) is 31.4. The van der Waals surface area contributed by atoms with Crippen LogP contribution in [-0.2, 0) is 16.1 Å². The Morgan fingerprint density at radius 1 is 0.885 bits per heavy atom. The van der Waals surface area contributed by atoms with Gasteiger partial charge in [-0.1, -0.05) is 36.4 Å². The minimum Gasteiger partial charge on any atom is -0.297 e. The van der Waals surface area contributed by atoms with Crippen molar-refractivity contribution in [1.82, 2.24) is 14.7 Å². The molecule has 2 amide bonds. The van der Waals surface area contributed by atoms with E-state index in [0.29, 0.717) is 6.67 Å². The predicted molar refractivity (Wildman–Crippen MR) is 100 cm³/mol. The number of rotatable bonds is 4. The molecule has 1 aromatic carbocycles. The maximum absolute atomic E-state index is 12.6. The van der Waals surface area contributed by atoms with E-state index in [-0.39, 0.29) is 23.7 Å². The highest BCUT2D eigenvalue weighted by Crippen LogP contribution is 2.35. The zero-order valence-electron chi connectivity index (χ0n) is 15.4. The Hall–Kier alpha value is -1.98. The molecule has 4 rings (SSSR count). The number of fused-ring (bicyclic) bond motifs is 1. The first-order valence-corrected chi connectivity index (χ1v) is 9.63. The van der Waals surface area contributed by atoms with Gasteiger partial charge in [0.25, 0.3) is 0 Å². The predicted octanol–water partition coefficient (Wildman–Crippen LogP) is 2.02. The van der Waals surface area contributed by atoms with Crippen molar-refractivity contribution in [1.29, 1.82) is 0 Å². The second-order valence-corrected chi connectivity index (χ2v) is 7.72. The number of aryl methyl sites for hydroxylation is 1. The first-order chi connectivity index (χ1) is 12.6. The fourth-order valence-corrected chi connectivity index (χ4v) is 4.33. The molecule has 2 saturated heterocycles. The number of piperazine rings is 1. The summed E-state index contributed by atoms with van der Waals surface area (Å²) in [5.41, 5.74) is 2.71. The molecule has 2 aliphatic heterocycles. The van der Waals surface area contributed by atoms with Gasteiger partial charge in [-0.05, 0) is 30.9 Å². The zero-order valence-corrected chi connectivity index (χ0v) is 15.4. The quantitative estimate of drug-likeness (QED) is 0.614. The lowest BCUT2D eigenvalue weighted by atomic mass is 9.85. The number of carbonyl (C=O) groups excluding carboxylic acids is 2. The van der Waals surface area contributed by atoms with E-state index in [1.807, 2.05) is 12.2 Å². The Morgan fingerprint density at radius 3 is 2.08 bits per heavy atom. The number of likely N-dealkylation sites (tertiary alicyclic amines) is 1. The van der Waals surface area contributed by atoms with Crippen LogP contribution in [0.4, 0.5) is 0 Å². The zero-order chi connectivity index (χ0) is 18.1. The number of benzene rings is 1. The average Bonchev–Trinajstić information content (AvgIpc) is 2.90. The number of amides is 2. The van der Waals surface area contributed by atoms with Gasteiger partial charge in [0.15, 0.2) is 0 Å². The standard InChI is InChI=1S/C21H27N3O2/c1-16-6-2-3-7-17(16)14-22-10-12-23(13-11-22)15-24-20(25)18-8-4-5-9-19(18)21(24)26/h2-7,18-19H,8-15H2,1H3/t18-,19-/m0/s1. The third-order valence-electron chi connectivity index (χ3n) is 6.06. The summed E-state index contributed by atoms with van der Waals surface area (Å²) < 4.78 is 0. The average molecular weight is 353 g/mol. The van der Waals surface area contributed by atoms with Gasteiger partial charge in [0.05, 0.1) is 18.5 Å². The van der Waals surface area contributed by atoms with Crippen molar-refractivity contribution in [2.24, 2.45) is 11.8 Å². The fraction of sp³-hybridized carbons (Fsp3) is 0.524. The van der Waals surface area contributed by atoms with E-state index >= 15 is 0 Å². The molecule has 0 radical (unpaired) electrons. The van der Waals surface area contributed by atoms with E-state index in [4.69, 9.17) is 0 Å². The van der Waals surface area contributed by atoms with Crippen molar-refractivity contribution in [2.45, 2.75) is 26.3 Å². The highest BCUT2D eigenvalue weighted by molar-refractivity contribution is 6.05. The second-order valence-electron chi connectivity index (χ2n) is 7.72. The summed E-state index contributed by atoms with van der Waals surface area (Å²) >= 11 is 0. The van der Waals surface area contributed by atoms with Crippen molar-refractivity contribution in [3.63, 3.8) is 0 Å². The minimum atomic E-state index is -0.116. The van der Waals surface area contributed by atoms with Gasteiger partial charge in [0, 0.05) is 32.7 Å². The minimum absolute atomic E-state index is 0.0340. The van der Waals surface area contributed by atoms with Gasteiger partial charge < -0.3 is 0 Å². The van der Waals surface area contributed by atoms with Crippen LogP contribution in [-0.4, -0.2) is 59.4 Å². The molecule has 5 nitrogen and oxygen atoms in total. The lowest BCUT2D eigenvalue weighted by Crippen LogP contribution is -2.51. The molecule has 5 heteroatoms. The number of carbonyl (C=O) groups is 2. The van der Waals surface area contributed by atoms with Crippen molar-refractivity contribution in [2.75, 3.05) is 32.8 Å². The second kappa shape index (κ2) is 7.33. The molecule has 3 aliphatic rings. The molecular formula is C21H27N3O2. The number of imide groups is 1. The maximum atomic E-state index is 12.6. The molecule has 0 spiro atoms. The van der Waals surface area contributed by atoms with Crippen LogP contribution in [0.3, 0.4) is 0 Å². The van der Waals surface area contributed by atoms with Crippen molar-refractivity contribution >= 4 is 11.8 Å². The largest absolute Gasteiger partial charge is 0.297 e. The third-order valence-corrected chi connectivity index (χ3v) is 6.06. The molecule has 0 saturated carbocycles. The van der Waals surface area contributed by atoms with Gasteiger partial charge >= 0.3 is 0 Å². The molecule has 1 aliphatic carbocycles. The summed E-state index contributed by atoms with van der Waals surface area (Å²) in [6, 6.07) is 8.52. The Labute approximate surface area is 155 Å². The van der Waals surface area contributed by atoms with Gasteiger partial charge in [-0.3, -0.25) is 24.3 Å². The van der Waals surface area contributed by atoms with E-state index in [0.717, 1.165) is 45.6 Å². The SMILES string of the molecule is Cc1ccccc1CN1CCN(CN2C(=O)[C@H]3CC=CC[C@@H]3C2=O)CC1. The smallest absolute Gasteiger partial charge is 0.234 e. The summed E-state index contributed by atoms with van der Waals surface area (Å²) in [6.45, 7) is 7.33. The summed E-state index contributed by atoms with van der Waals surface area (Å²) in [6.07, 6.45) is 5.52. The Balaban J connectivity index is 1.31. The lowest BCUT2D eigenvalue weighted by molar-refractivity contribution is -0.142. The summed E-state index contributed by atoms with van der Waals surface area (Å²) in [5.74, 6) is -0.164. The molecule has 2 fully saturated rings. The molecule has 0 bridgehead atoms. The van der Waals surface area contributed by atoms with E-state index in [9.17, 15) is 9.59 Å². The van der Waals surface area contributed by atoms with Crippen LogP contribution < -0.4 is 0 Å². The van der Waals surface area contributed by atoms with Crippen LogP contribution in [0.25, 0.3) is 0 Å². The Kier molecular flexibility index (Phi) is 4.92. The molecule has 0 N–H and O–H groups in total. The fourth-order valence-electron chi connectivity index (χ4n) is 4.33. The van der Waals surface area contributed by atoms with Gasteiger partial charge in [-0.2, -0.15) is 0 Å². The summed E-state index contributed by atoms with van der Waals surface area (Å²) in [5, 5.41) is 0. The molecular weight excluding hydrogens is 326 g/mol. The molecule has 26 heavy (non-hydrogen) atoms. The highest BCUT2D eigenvalue weighted by atomic mass is 16.2. The van der Waals surface area contributed by atoms with Crippen LogP contribution in [0, 0.1) is 18.8 Å². The first-order valence-electron chi connectivity index (χ1n) is 9.63. The number of hydrogen-bond donors (Lipinski definition) is 0. The number of nitrogens with zero attached hydrogens (tertiary/aromatic N) is 3. The Bertz CT molecular complexity index is 696. The molecule has 2 atom stereocenters. The van der Waals surface area contributed by atoms with Gasteiger partial charge in [-0.15, -0.1) is 0 Å². The molecule has 1 aromatic rings. The van der Waals surface area contributed by atoms with Gasteiger partial charge in [0.1, 0.15) is 0 Å². The lowest BCUT2D eigenvalue weighted by Gasteiger charge is -2.36. The van der Waals surface area contributed by atoms with Gasteiger partial charge in [0.2, 0.25) is 11.8 Å². The van der Waals surface area contributed by atoms with Crippen molar-refractivity contribution < 1.29 is 9.59 Å². The van der Waals surface area contributed by atoms with Crippen molar-refractivity contribution in [3.05, 3.63) is 47.5 Å². The molecule has 2 heterocycles. The van der Waals surface area contributed by atoms with Crippen LogP contribution in [0.1, 0.15) is 24.0 Å². The topological polar surface area (TPSA) is 43.9 Å². The Morgan fingerprint density at radius 2 is 1.46 bits per heavy atom. The summed E-state index contributed by atoms with van der Waals surface area (Å²) in [7, 11) is 0. The van der Waals surface area contributed by atoms with Crippen LogP contribution in [0.2, 0.25) is 0 Å². The molecule has 0 unspecified atom stereocenters. The van der Waals surface area contributed by atoms with Crippen LogP contribution in [0.15, 0.2) is 36.4 Å². The highest BCUT2D eigenvalue weighted by Gasteiger charge is 2.47. The van der Waals surface area contributed by atoms with E-state index in [2.05, 4.69) is 41.0 Å². The number of allylic oxidation sites excluding steroid dienone is 2. The first kappa shape index (κ1) is 17.4. The van der Waals surface area contributed by atoms with E-state index in [1.165, 1.54) is 16.0 Å². The molecule has 138 valence electrons. The van der Waals surface area contributed by atoms with Crippen molar-refractivity contribution in [3.8, 4) is 0 Å².